The molecule has 2 fully saturated rings. The quantitative estimate of drug-likeness (QED) is 0.900. The zero-order valence-electron chi connectivity index (χ0n) is 13.6. The van der Waals surface area contributed by atoms with E-state index in [1.165, 1.54) is 50.1 Å². The molecule has 2 atom stereocenters. The Bertz CT molecular complexity index is 409. The molecule has 2 unspecified atom stereocenters. The molecule has 2 nitrogen and oxygen atoms in total. The lowest BCUT2D eigenvalue weighted by molar-refractivity contribution is 0.0561. The Hall–Kier alpha value is -0.380. The minimum atomic E-state index is 0.657. The van der Waals surface area contributed by atoms with E-state index in [0.29, 0.717) is 6.04 Å². The fourth-order valence-electron chi connectivity index (χ4n) is 4.07. The highest BCUT2D eigenvalue weighted by molar-refractivity contribution is 7.09. The molecule has 118 valence electrons. The highest BCUT2D eigenvalue weighted by Crippen LogP contribution is 2.32. The SMILES string of the molecule is CC(C)C1CN(Cc2cccs2)C(C2CCCCC2)CN1. The molecule has 2 aliphatic rings. The van der Waals surface area contributed by atoms with Crippen LogP contribution >= 0.6 is 11.3 Å². The van der Waals surface area contributed by atoms with Gasteiger partial charge in [0.15, 0.2) is 0 Å². The highest BCUT2D eigenvalue weighted by Gasteiger charge is 2.34. The molecular weight excluding hydrogens is 276 g/mol. The predicted octanol–water partition coefficient (Wildman–Crippen LogP) is 4.13. The number of rotatable bonds is 4. The third kappa shape index (κ3) is 3.88. The maximum absolute atomic E-state index is 3.84. The molecule has 0 aromatic carbocycles. The maximum Gasteiger partial charge on any atom is 0.0332 e. The smallest absolute Gasteiger partial charge is 0.0332 e. The molecule has 1 aromatic rings. The lowest BCUT2D eigenvalue weighted by Crippen LogP contribution is -2.60. The molecule has 1 aliphatic carbocycles. The van der Waals surface area contributed by atoms with Gasteiger partial charge in [-0.15, -0.1) is 11.3 Å². The van der Waals surface area contributed by atoms with Crippen molar-refractivity contribution in [1.82, 2.24) is 10.2 Å². The number of nitrogens with one attached hydrogen (secondary N) is 1. The van der Waals surface area contributed by atoms with E-state index in [9.17, 15) is 0 Å². The zero-order chi connectivity index (χ0) is 14.7. The molecule has 3 heteroatoms. The van der Waals surface area contributed by atoms with Crippen LogP contribution < -0.4 is 5.32 Å². The van der Waals surface area contributed by atoms with E-state index in [-0.39, 0.29) is 0 Å². The van der Waals surface area contributed by atoms with E-state index in [0.717, 1.165) is 24.4 Å². The molecule has 1 N–H and O–H groups in total. The number of piperazine rings is 1. The predicted molar refractivity (Wildman–Crippen MR) is 91.7 cm³/mol. The number of hydrogen-bond donors (Lipinski definition) is 1. The number of thiophene rings is 1. The van der Waals surface area contributed by atoms with Crippen LogP contribution in [-0.2, 0) is 6.54 Å². The fourth-order valence-corrected chi connectivity index (χ4v) is 4.80. The first kappa shape index (κ1) is 15.5. The third-order valence-corrected chi connectivity index (χ3v) is 6.29. The minimum Gasteiger partial charge on any atom is -0.311 e. The summed E-state index contributed by atoms with van der Waals surface area (Å²) in [6, 6.07) is 5.90. The van der Waals surface area contributed by atoms with Gasteiger partial charge in [-0.3, -0.25) is 4.90 Å². The molecule has 0 spiro atoms. The van der Waals surface area contributed by atoms with Gasteiger partial charge in [0.25, 0.3) is 0 Å². The summed E-state index contributed by atoms with van der Waals surface area (Å²) in [5.41, 5.74) is 0. The lowest BCUT2D eigenvalue weighted by Gasteiger charge is -2.46. The van der Waals surface area contributed by atoms with E-state index < -0.39 is 0 Å². The summed E-state index contributed by atoms with van der Waals surface area (Å²) in [6.07, 6.45) is 7.23. The van der Waals surface area contributed by atoms with E-state index in [4.69, 9.17) is 0 Å². The highest BCUT2D eigenvalue weighted by atomic mass is 32.1. The third-order valence-electron chi connectivity index (χ3n) is 5.43. The molecule has 1 aromatic heterocycles. The second-order valence-corrected chi connectivity index (χ2v) is 8.27. The fraction of sp³-hybridized carbons (Fsp3) is 0.778. The van der Waals surface area contributed by atoms with Gasteiger partial charge in [0.1, 0.15) is 0 Å². The van der Waals surface area contributed by atoms with Crippen molar-refractivity contribution in [1.29, 1.82) is 0 Å². The standard InChI is InChI=1S/C18H30N2S/c1-14(2)17-13-20(12-16-9-6-10-21-16)18(11-19-17)15-7-4-3-5-8-15/h6,9-10,14-15,17-19H,3-5,7-8,11-13H2,1-2H3. The summed E-state index contributed by atoms with van der Waals surface area (Å²) in [6.45, 7) is 8.27. The monoisotopic (exact) mass is 306 g/mol. The van der Waals surface area contributed by atoms with Crippen molar-refractivity contribution >= 4 is 11.3 Å². The molecule has 1 saturated carbocycles. The molecule has 1 aliphatic heterocycles. The van der Waals surface area contributed by atoms with Crippen LogP contribution in [0.4, 0.5) is 0 Å². The normalized spacial score (nSPS) is 29.1. The second kappa shape index (κ2) is 7.26. The van der Waals surface area contributed by atoms with Gasteiger partial charge in [0, 0.05) is 36.6 Å². The van der Waals surface area contributed by atoms with E-state index in [1.54, 1.807) is 0 Å². The van der Waals surface area contributed by atoms with Gasteiger partial charge in [-0.2, -0.15) is 0 Å². The molecule has 0 amide bonds. The van der Waals surface area contributed by atoms with Crippen LogP contribution in [0.25, 0.3) is 0 Å². The van der Waals surface area contributed by atoms with Gasteiger partial charge in [-0.1, -0.05) is 39.2 Å². The van der Waals surface area contributed by atoms with Crippen molar-refractivity contribution in [3.63, 3.8) is 0 Å². The summed E-state index contributed by atoms with van der Waals surface area (Å²) < 4.78 is 0. The van der Waals surface area contributed by atoms with Gasteiger partial charge in [-0.25, -0.2) is 0 Å². The van der Waals surface area contributed by atoms with Gasteiger partial charge in [0.05, 0.1) is 0 Å². The van der Waals surface area contributed by atoms with Crippen LogP contribution in [0, 0.1) is 11.8 Å². The molecule has 2 heterocycles. The van der Waals surface area contributed by atoms with E-state index >= 15 is 0 Å². The summed E-state index contributed by atoms with van der Waals surface area (Å²) >= 11 is 1.91. The van der Waals surface area contributed by atoms with Crippen LogP contribution in [-0.4, -0.2) is 30.1 Å². The van der Waals surface area contributed by atoms with Crippen molar-refractivity contribution in [3.8, 4) is 0 Å². The van der Waals surface area contributed by atoms with Crippen LogP contribution in [0.3, 0.4) is 0 Å². The summed E-state index contributed by atoms with van der Waals surface area (Å²) in [5.74, 6) is 1.64. The first-order chi connectivity index (χ1) is 10.2. The van der Waals surface area contributed by atoms with Gasteiger partial charge in [-0.05, 0) is 36.1 Å². The Balaban J connectivity index is 1.70. The number of hydrogen-bond acceptors (Lipinski definition) is 3. The van der Waals surface area contributed by atoms with E-state index in [2.05, 4.69) is 41.6 Å². The molecule has 1 saturated heterocycles. The summed E-state index contributed by atoms with van der Waals surface area (Å²) in [5, 5.41) is 6.05. The van der Waals surface area contributed by atoms with Crippen LogP contribution in [0.1, 0.15) is 50.8 Å². The molecule has 0 radical (unpaired) electrons. The molecule has 21 heavy (non-hydrogen) atoms. The van der Waals surface area contributed by atoms with Crippen molar-refractivity contribution in [2.75, 3.05) is 13.1 Å². The maximum atomic E-state index is 3.84. The first-order valence-corrected chi connectivity index (χ1v) is 9.62. The topological polar surface area (TPSA) is 15.3 Å². The average molecular weight is 307 g/mol. The Labute approximate surface area is 133 Å². The van der Waals surface area contributed by atoms with Gasteiger partial charge >= 0.3 is 0 Å². The van der Waals surface area contributed by atoms with Crippen LogP contribution in [0.15, 0.2) is 17.5 Å². The van der Waals surface area contributed by atoms with Gasteiger partial charge in [0.2, 0.25) is 0 Å². The molecule has 0 bridgehead atoms. The Morgan fingerprint density at radius 3 is 2.76 bits per heavy atom. The largest absolute Gasteiger partial charge is 0.311 e. The second-order valence-electron chi connectivity index (χ2n) is 7.23. The van der Waals surface area contributed by atoms with Crippen LogP contribution in [0.5, 0.6) is 0 Å². The van der Waals surface area contributed by atoms with Gasteiger partial charge < -0.3 is 5.32 Å². The molecular formula is C18H30N2S. The van der Waals surface area contributed by atoms with Crippen molar-refractivity contribution in [2.24, 2.45) is 11.8 Å². The Kier molecular flexibility index (Phi) is 5.36. The van der Waals surface area contributed by atoms with Crippen molar-refractivity contribution < 1.29 is 0 Å². The average Bonchev–Trinajstić information content (AvgIpc) is 3.01. The molecule has 3 rings (SSSR count). The minimum absolute atomic E-state index is 0.657. The first-order valence-electron chi connectivity index (χ1n) is 8.74. The Morgan fingerprint density at radius 1 is 1.29 bits per heavy atom. The number of nitrogens with zero attached hydrogens (tertiary/aromatic N) is 1. The summed E-state index contributed by atoms with van der Waals surface area (Å²) in [4.78, 5) is 4.32. The van der Waals surface area contributed by atoms with Crippen LogP contribution in [0.2, 0.25) is 0 Å². The van der Waals surface area contributed by atoms with Crippen molar-refractivity contribution in [2.45, 2.75) is 64.6 Å². The Morgan fingerprint density at radius 2 is 2.10 bits per heavy atom. The summed E-state index contributed by atoms with van der Waals surface area (Å²) in [7, 11) is 0. The van der Waals surface area contributed by atoms with E-state index in [1.807, 2.05) is 11.3 Å². The zero-order valence-corrected chi connectivity index (χ0v) is 14.4. The van der Waals surface area contributed by atoms with Crippen molar-refractivity contribution in [3.05, 3.63) is 22.4 Å². The lowest BCUT2D eigenvalue weighted by atomic mass is 9.81.